The van der Waals surface area contributed by atoms with E-state index in [1.54, 1.807) is 19.2 Å². The SMILES string of the molecule is CCC(Nc1ccc([N+](=O)[O-])cc1)c1ccccc1OC. The summed E-state index contributed by atoms with van der Waals surface area (Å²) in [5, 5.41) is 14.0. The van der Waals surface area contributed by atoms with Gasteiger partial charge in [0.1, 0.15) is 5.75 Å². The summed E-state index contributed by atoms with van der Waals surface area (Å²) in [5.41, 5.74) is 2.00. The highest BCUT2D eigenvalue weighted by Gasteiger charge is 2.14. The number of nitrogens with one attached hydrogen (secondary N) is 1. The van der Waals surface area contributed by atoms with Crippen molar-refractivity contribution in [1.82, 2.24) is 0 Å². The van der Waals surface area contributed by atoms with Crippen molar-refractivity contribution in [2.75, 3.05) is 12.4 Å². The molecule has 5 heteroatoms. The van der Waals surface area contributed by atoms with Crippen LogP contribution in [0.5, 0.6) is 5.75 Å². The fourth-order valence-electron chi connectivity index (χ4n) is 2.23. The first-order valence-corrected chi connectivity index (χ1v) is 6.79. The van der Waals surface area contributed by atoms with Crippen molar-refractivity contribution in [3.63, 3.8) is 0 Å². The van der Waals surface area contributed by atoms with Gasteiger partial charge in [-0.2, -0.15) is 0 Å². The number of ether oxygens (including phenoxy) is 1. The van der Waals surface area contributed by atoms with Crippen LogP contribution in [0.15, 0.2) is 48.5 Å². The highest BCUT2D eigenvalue weighted by Crippen LogP contribution is 2.30. The molecule has 110 valence electrons. The number of nitrogens with zero attached hydrogens (tertiary/aromatic N) is 1. The van der Waals surface area contributed by atoms with Gasteiger partial charge in [0.15, 0.2) is 0 Å². The quantitative estimate of drug-likeness (QED) is 0.639. The number of rotatable bonds is 6. The Balaban J connectivity index is 2.20. The van der Waals surface area contributed by atoms with Gasteiger partial charge in [-0.05, 0) is 24.6 Å². The van der Waals surface area contributed by atoms with Gasteiger partial charge in [0, 0.05) is 23.4 Å². The Morgan fingerprint density at radius 1 is 1.19 bits per heavy atom. The molecule has 0 bridgehead atoms. The average Bonchev–Trinajstić information content (AvgIpc) is 2.53. The summed E-state index contributed by atoms with van der Waals surface area (Å²) in [6.45, 7) is 2.08. The number of anilines is 1. The summed E-state index contributed by atoms with van der Waals surface area (Å²) in [5.74, 6) is 0.832. The third kappa shape index (κ3) is 3.51. The number of non-ortho nitro benzene ring substituents is 1. The lowest BCUT2D eigenvalue weighted by Crippen LogP contribution is -2.10. The van der Waals surface area contributed by atoms with Gasteiger partial charge in [-0.15, -0.1) is 0 Å². The van der Waals surface area contributed by atoms with Crippen molar-refractivity contribution in [1.29, 1.82) is 0 Å². The number of hydrogen-bond donors (Lipinski definition) is 1. The molecule has 21 heavy (non-hydrogen) atoms. The van der Waals surface area contributed by atoms with Crippen LogP contribution >= 0.6 is 0 Å². The largest absolute Gasteiger partial charge is 0.496 e. The molecule has 0 aromatic heterocycles. The molecule has 0 saturated heterocycles. The van der Waals surface area contributed by atoms with E-state index in [0.29, 0.717) is 0 Å². The van der Waals surface area contributed by atoms with Crippen LogP contribution in [-0.4, -0.2) is 12.0 Å². The van der Waals surface area contributed by atoms with Crippen molar-refractivity contribution in [2.45, 2.75) is 19.4 Å². The van der Waals surface area contributed by atoms with E-state index in [-0.39, 0.29) is 11.7 Å². The molecular formula is C16H18N2O3. The summed E-state index contributed by atoms with van der Waals surface area (Å²) in [6, 6.07) is 14.4. The first-order valence-electron chi connectivity index (χ1n) is 6.79. The van der Waals surface area contributed by atoms with Crippen molar-refractivity contribution in [2.24, 2.45) is 0 Å². The van der Waals surface area contributed by atoms with Crippen LogP contribution in [0.1, 0.15) is 24.9 Å². The second kappa shape index (κ2) is 6.74. The molecule has 0 aliphatic heterocycles. The first kappa shape index (κ1) is 14.8. The van der Waals surface area contributed by atoms with Gasteiger partial charge in [0.2, 0.25) is 0 Å². The van der Waals surface area contributed by atoms with Crippen LogP contribution in [0.3, 0.4) is 0 Å². The topological polar surface area (TPSA) is 64.4 Å². The molecule has 2 aromatic carbocycles. The minimum atomic E-state index is -0.401. The van der Waals surface area contributed by atoms with Gasteiger partial charge < -0.3 is 10.1 Å². The highest BCUT2D eigenvalue weighted by atomic mass is 16.6. The van der Waals surface area contributed by atoms with Gasteiger partial charge in [-0.3, -0.25) is 10.1 Å². The van der Waals surface area contributed by atoms with Gasteiger partial charge in [-0.1, -0.05) is 25.1 Å². The molecule has 2 aromatic rings. The summed E-state index contributed by atoms with van der Waals surface area (Å²) in [6.07, 6.45) is 0.872. The lowest BCUT2D eigenvalue weighted by atomic mass is 10.0. The van der Waals surface area contributed by atoms with Gasteiger partial charge in [0.25, 0.3) is 5.69 Å². The number of nitro groups is 1. The molecule has 1 N–H and O–H groups in total. The van der Waals surface area contributed by atoms with E-state index in [0.717, 1.165) is 23.4 Å². The second-order valence-electron chi connectivity index (χ2n) is 4.65. The average molecular weight is 286 g/mol. The monoisotopic (exact) mass is 286 g/mol. The molecule has 1 unspecified atom stereocenters. The molecule has 0 saturated carbocycles. The Bertz CT molecular complexity index is 611. The number of para-hydroxylation sites is 1. The third-order valence-corrected chi connectivity index (χ3v) is 3.34. The summed E-state index contributed by atoms with van der Waals surface area (Å²) >= 11 is 0. The van der Waals surface area contributed by atoms with Crippen molar-refractivity contribution in [3.8, 4) is 5.75 Å². The smallest absolute Gasteiger partial charge is 0.269 e. The van der Waals surface area contributed by atoms with Crippen LogP contribution in [-0.2, 0) is 0 Å². The fraction of sp³-hybridized carbons (Fsp3) is 0.250. The molecule has 0 heterocycles. The maximum atomic E-state index is 10.7. The van der Waals surface area contributed by atoms with E-state index < -0.39 is 4.92 Å². The van der Waals surface area contributed by atoms with E-state index in [1.807, 2.05) is 24.3 Å². The number of nitro benzene ring substituents is 1. The Hall–Kier alpha value is -2.56. The van der Waals surface area contributed by atoms with Crippen LogP contribution in [0.2, 0.25) is 0 Å². The van der Waals surface area contributed by atoms with Crippen LogP contribution in [0.25, 0.3) is 0 Å². The minimum Gasteiger partial charge on any atom is -0.496 e. The normalized spacial score (nSPS) is 11.7. The molecule has 0 spiro atoms. The predicted molar refractivity (Wildman–Crippen MR) is 82.7 cm³/mol. The lowest BCUT2D eigenvalue weighted by Gasteiger charge is -2.21. The second-order valence-corrected chi connectivity index (χ2v) is 4.65. The summed E-state index contributed by atoms with van der Waals surface area (Å²) in [7, 11) is 1.65. The first-order chi connectivity index (χ1) is 10.2. The summed E-state index contributed by atoms with van der Waals surface area (Å²) < 4.78 is 5.39. The van der Waals surface area contributed by atoms with Crippen LogP contribution < -0.4 is 10.1 Å². The number of benzene rings is 2. The van der Waals surface area contributed by atoms with E-state index in [2.05, 4.69) is 12.2 Å². The van der Waals surface area contributed by atoms with Crippen molar-refractivity contribution >= 4 is 11.4 Å². The lowest BCUT2D eigenvalue weighted by molar-refractivity contribution is -0.384. The standard InChI is InChI=1S/C16H18N2O3/c1-3-15(14-6-4-5-7-16(14)21-2)17-12-8-10-13(11-9-12)18(19)20/h4-11,15,17H,3H2,1-2H3. The fourth-order valence-corrected chi connectivity index (χ4v) is 2.23. The van der Waals surface area contributed by atoms with Crippen LogP contribution in [0.4, 0.5) is 11.4 Å². The molecule has 0 radical (unpaired) electrons. The zero-order valence-corrected chi connectivity index (χ0v) is 12.1. The Kier molecular flexibility index (Phi) is 4.77. The number of hydrogen-bond acceptors (Lipinski definition) is 4. The zero-order chi connectivity index (χ0) is 15.2. The van der Waals surface area contributed by atoms with E-state index in [4.69, 9.17) is 4.74 Å². The van der Waals surface area contributed by atoms with Crippen molar-refractivity contribution in [3.05, 3.63) is 64.2 Å². The van der Waals surface area contributed by atoms with E-state index in [1.165, 1.54) is 12.1 Å². The molecule has 1 atom stereocenters. The third-order valence-electron chi connectivity index (χ3n) is 3.34. The summed E-state index contributed by atoms with van der Waals surface area (Å²) in [4.78, 5) is 10.3. The van der Waals surface area contributed by atoms with Gasteiger partial charge in [-0.25, -0.2) is 0 Å². The van der Waals surface area contributed by atoms with Gasteiger partial charge in [0.05, 0.1) is 18.1 Å². The highest BCUT2D eigenvalue weighted by molar-refractivity contribution is 5.51. The zero-order valence-electron chi connectivity index (χ0n) is 12.1. The molecule has 2 rings (SSSR count). The molecule has 0 aliphatic carbocycles. The molecule has 0 aliphatic rings. The molecule has 5 nitrogen and oxygen atoms in total. The Labute approximate surface area is 123 Å². The molecule has 0 fully saturated rings. The Morgan fingerprint density at radius 2 is 1.86 bits per heavy atom. The predicted octanol–water partition coefficient (Wildman–Crippen LogP) is 4.17. The molecule has 0 amide bonds. The maximum absolute atomic E-state index is 10.7. The maximum Gasteiger partial charge on any atom is 0.269 e. The minimum absolute atomic E-state index is 0.0857. The van der Waals surface area contributed by atoms with Crippen molar-refractivity contribution < 1.29 is 9.66 Å². The molecular weight excluding hydrogens is 268 g/mol. The van der Waals surface area contributed by atoms with E-state index in [9.17, 15) is 10.1 Å². The van der Waals surface area contributed by atoms with Crippen LogP contribution in [0, 0.1) is 10.1 Å². The van der Waals surface area contributed by atoms with Gasteiger partial charge >= 0.3 is 0 Å². The van der Waals surface area contributed by atoms with E-state index >= 15 is 0 Å². The number of methoxy groups -OCH3 is 1. The Morgan fingerprint density at radius 3 is 2.43 bits per heavy atom.